The second-order valence-electron chi connectivity index (χ2n) is 5.10. The monoisotopic (exact) mass is 270 g/mol. The average molecular weight is 270 g/mol. The third-order valence-corrected chi connectivity index (χ3v) is 3.65. The van der Waals surface area contributed by atoms with Crippen LogP contribution in [0.4, 0.5) is 5.82 Å². The van der Waals surface area contributed by atoms with Gasteiger partial charge in [-0.05, 0) is 31.0 Å². The number of aryl methyl sites for hydroxylation is 1. The van der Waals surface area contributed by atoms with E-state index in [9.17, 15) is 0 Å². The molecule has 0 aliphatic carbocycles. The van der Waals surface area contributed by atoms with E-state index >= 15 is 0 Å². The number of anilines is 1. The molecule has 1 aliphatic rings. The maximum Gasteiger partial charge on any atom is 0.147 e. The van der Waals surface area contributed by atoms with Crippen molar-refractivity contribution >= 4 is 5.82 Å². The molecule has 5 nitrogen and oxygen atoms in total. The van der Waals surface area contributed by atoms with Crippen LogP contribution in [0.2, 0.25) is 0 Å². The van der Waals surface area contributed by atoms with Crippen LogP contribution >= 0.6 is 0 Å². The molecule has 0 unspecified atom stereocenters. The molecule has 104 valence electrons. The van der Waals surface area contributed by atoms with E-state index in [1.807, 2.05) is 19.3 Å². The Balaban J connectivity index is 1.68. The quantitative estimate of drug-likeness (QED) is 0.918. The fraction of sp³-hybridized carbons (Fsp3) is 0.400. The van der Waals surface area contributed by atoms with Crippen LogP contribution in [-0.4, -0.2) is 34.2 Å². The number of hydrogen-bond donors (Lipinski definition) is 1. The van der Waals surface area contributed by atoms with Crippen molar-refractivity contribution in [1.29, 1.82) is 0 Å². The number of ether oxygens (including phenoxy) is 1. The molecule has 2 atom stereocenters. The summed E-state index contributed by atoms with van der Waals surface area (Å²) >= 11 is 0. The Morgan fingerprint density at radius 1 is 1.15 bits per heavy atom. The van der Waals surface area contributed by atoms with E-state index in [1.54, 1.807) is 12.4 Å². The number of hydrogen-bond acceptors (Lipinski definition) is 5. The van der Waals surface area contributed by atoms with Gasteiger partial charge >= 0.3 is 0 Å². The average Bonchev–Trinajstić information content (AvgIpc) is 2.90. The predicted molar refractivity (Wildman–Crippen MR) is 76.4 cm³/mol. The molecule has 0 amide bonds. The summed E-state index contributed by atoms with van der Waals surface area (Å²) < 4.78 is 5.63. The van der Waals surface area contributed by atoms with Gasteiger partial charge in [-0.1, -0.05) is 0 Å². The van der Waals surface area contributed by atoms with Crippen molar-refractivity contribution in [1.82, 2.24) is 15.0 Å². The van der Waals surface area contributed by atoms with E-state index in [1.165, 1.54) is 5.56 Å². The van der Waals surface area contributed by atoms with Crippen molar-refractivity contribution in [2.45, 2.75) is 19.4 Å². The van der Waals surface area contributed by atoms with Crippen molar-refractivity contribution in [2.75, 3.05) is 18.5 Å². The molecular formula is C15H18N4O. The molecular weight excluding hydrogens is 252 g/mol. The SMILES string of the molecule is Cc1nccnc1N[C@@H]1COC[C@H]1Cc1ccncc1. The zero-order valence-electron chi connectivity index (χ0n) is 11.5. The Kier molecular flexibility index (Phi) is 3.87. The highest BCUT2D eigenvalue weighted by Crippen LogP contribution is 2.22. The second kappa shape index (κ2) is 5.96. The molecule has 5 heteroatoms. The van der Waals surface area contributed by atoms with Gasteiger partial charge in [0.05, 0.1) is 24.9 Å². The minimum absolute atomic E-state index is 0.276. The molecule has 0 bridgehead atoms. The maximum atomic E-state index is 5.63. The molecule has 0 saturated carbocycles. The fourth-order valence-electron chi connectivity index (χ4n) is 2.51. The lowest BCUT2D eigenvalue weighted by Gasteiger charge is -2.20. The topological polar surface area (TPSA) is 59.9 Å². The van der Waals surface area contributed by atoms with Gasteiger partial charge in [0.1, 0.15) is 5.82 Å². The fourth-order valence-corrected chi connectivity index (χ4v) is 2.51. The summed E-state index contributed by atoms with van der Waals surface area (Å²) in [4.78, 5) is 12.7. The van der Waals surface area contributed by atoms with E-state index in [4.69, 9.17) is 4.74 Å². The summed E-state index contributed by atoms with van der Waals surface area (Å²) in [7, 11) is 0. The molecule has 0 aromatic carbocycles. The van der Waals surface area contributed by atoms with Crippen LogP contribution in [-0.2, 0) is 11.2 Å². The van der Waals surface area contributed by atoms with E-state index in [-0.39, 0.29) is 6.04 Å². The summed E-state index contributed by atoms with van der Waals surface area (Å²) in [5.41, 5.74) is 2.21. The van der Waals surface area contributed by atoms with E-state index in [2.05, 4.69) is 32.4 Å². The lowest BCUT2D eigenvalue weighted by atomic mass is 9.95. The minimum Gasteiger partial charge on any atom is -0.379 e. The summed E-state index contributed by atoms with van der Waals surface area (Å²) in [6, 6.07) is 4.39. The zero-order valence-corrected chi connectivity index (χ0v) is 11.5. The predicted octanol–water partition coefficient (Wildman–Crippen LogP) is 1.85. The first kappa shape index (κ1) is 13.0. The normalized spacial score (nSPS) is 21.9. The number of aromatic nitrogens is 3. The van der Waals surface area contributed by atoms with Crippen molar-refractivity contribution in [2.24, 2.45) is 5.92 Å². The summed E-state index contributed by atoms with van der Waals surface area (Å²) in [5, 5.41) is 3.47. The Hall–Kier alpha value is -2.01. The van der Waals surface area contributed by atoms with E-state index in [0.717, 1.165) is 24.5 Å². The first-order chi connectivity index (χ1) is 9.83. The van der Waals surface area contributed by atoms with Gasteiger partial charge in [0.15, 0.2) is 0 Å². The molecule has 2 aromatic rings. The molecule has 3 rings (SSSR count). The van der Waals surface area contributed by atoms with Gasteiger partial charge in [-0.15, -0.1) is 0 Å². The van der Waals surface area contributed by atoms with Gasteiger partial charge in [-0.3, -0.25) is 9.97 Å². The van der Waals surface area contributed by atoms with Crippen molar-refractivity contribution in [3.63, 3.8) is 0 Å². The molecule has 1 saturated heterocycles. The van der Waals surface area contributed by atoms with Gasteiger partial charge in [0, 0.05) is 30.7 Å². The summed E-state index contributed by atoms with van der Waals surface area (Å²) in [6.45, 7) is 3.45. The van der Waals surface area contributed by atoms with Gasteiger partial charge in [0.2, 0.25) is 0 Å². The number of rotatable bonds is 4. The first-order valence-corrected chi connectivity index (χ1v) is 6.84. The Morgan fingerprint density at radius 3 is 2.75 bits per heavy atom. The smallest absolute Gasteiger partial charge is 0.147 e. The van der Waals surface area contributed by atoms with Gasteiger partial charge < -0.3 is 10.1 Å². The van der Waals surface area contributed by atoms with Crippen molar-refractivity contribution in [3.8, 4) is 0 Å². The highest BCUT2D eigenvalue weighted by Gasteiger charge is 2.28. The summed E-state index contributed by atoms with van der Waals surface area (Å²) in [6.07, 6.45) is 8.07. The zero-order chi connectivity index (χ0) is 13.8. The third-order valence-electron chi connectivity index (χ3n) is 3.65. The maximum absolute atomic E-state index is 5.63. The largest absolute Gasteiger partial charge is 0.379 e. The Morgan fingerprint density at radius 2 is 1.95 bits per heavy atom. The lowest BCUT2D eigenvalue weighted by molar-refractivity contribution is 0.185. The first-order valence-electron chi connectivity index (χ1n) is 6.84. The van der Waals surface area contributed by atoms with Gasteiger partial charge in [-0.25, -0.2) is 4.98 Å². The summed E-state index contributed by atoms with van der Waals surface area (Å²) in [5.74, 6) is 1.29. The molecule has 1 aliphatic heterocycles. The van der Waals surface area contributed by atoms with Crippen LogP contribution in [0.1, 0.15) is 11.3 Å². The third kappa shape index (κ3) is 2.93. The molecule has 1 fully saturated rings. The highest BCUT2D eigenvalue weighted by molar-refractivity contribution is 5.40. The molecule has 2 aromatic heterocycles. The number of nitrogens with one attached hydrogen (secondary N) is 1. The molecule has 3 heterocycles. The minimum atomic E-state index is 0.276. The van der Waals surface area contributed by atoms with Crippen LogP contribution in [0.15, 0.2) is 36.9 Å². The standard InChI is InChI=1S/C15H18N4O/c1-11-15(18-7-6-17-11)19-14-10-20-9-13(14)8-12-2-4-16-5-3-12/h2-7,13-14H,8-10H2,1H3,(H,18,19)/t13-,14-/m1/s1. The second-order valence-corrected chi connectivity index (χ2v) is 5.10. The Bertz CT molecular complexity index is 561. The lowest BCUT2D eigenvalue weighted by Crippen LogP contribution is -2.30. The van der Waals surface area contributed by atoms with Gasteiger partial charge in [0.25, 0.3) is 0 Å². The Labute approximate surface area is 118 Å². The van der Waals surface area contributed by atoms with Crippen molar-refractivity contribution < 1.29 is 4.74 Å². The molecule has 20 heavy (non-hydrogen) atoms. The van der Waals surface area contributed by atoms with Crippen LogP contribution in [0.5, 0.6) is 0 Å². The highest BCUT2D eigenvalue weighted by atomic mass is 16.5. The molecule has 1 N–H and O–H groups in total. The van der Waals surface area contributed by atoms with Crippen LogP contribution < -0.4 is 5.32 Å². The van der Waals surface area contributed by atoms with Gasteiger partial charge in [-0.2, -0.15) is 0 Å². The van der Waals surface area contributed by atoms with E-state index < -0.39 is 0 Å². The number of pyridine rings is 1. The molecule has 0 spiro atoms. The van der Waals surface area contributed by atoms with Crippen LogP contribution in [0, 0.1) is 12.8 Å². The van der Waals surface area contributed by atoms with Crippen LogP contribution in [0.25, 0.3) is 0 Å². The van der Waals surface area contributed by atoms with E-state index in [0.29, 0.717) is 12.5 Å². The number of nitrogens with zero attached hydrogens (tertiary/aromatic N) is 3. The van der Waals surface area contributed by atoms with Crippen molar-refractivity contribution in [3.05, 3.63) is 48.2 Å². The van der Waals surface area contributed by atoms with Crippen LogP contribution in [0.3, 0.4) is 0 Å². The molecule has 0 radical (unpaired) electrons.